The fraction of sp³-hybridized carbons (Fsp3) is 0.286. The molecule has 0 spiro atoms. The highest BCUT2D eigenvalue weighted by atomic mass is 32.2. The van der Waals surface area contributed by atoms with Crippen LogP contribution in [0.1, 0.15) is 23.6 Å². The van der Waals surface area contributed by atoms with Crippen molar-refractivity contribution in [1.29, 1.82) is 0 Å². The van der Waals surface area contributed by atoms with Gasteiger partial charge in [0.25, 0.3) is 0 Å². The van der Waals surface area contributed by atoms with Crippen LogP contribution in [0.25, 0.3) is 0 Å². The molecule has 0 radical (unpaired) electrons. The normalized spacial score (nSPS) is 12.0. The molecule has 3 aromatic rings. The Hall–Kier alpha value is -3.72. The minimum absolute atomic E-state index is 0.000826. The van der Waals surface area contributed by atoms with E-state index in [0.717, 1.165) is 21.7 Å². The lowest BCUT2D eigenvalue weighted by atomic mass is 10.0. The zero-order chi connectivity index (χ0) is 27.0. The van der Waals surface area contributed by atoms with Crippen LogP contribution < -0.4 is 9.62 Å². The predicted octanol–water partition coefficient (Wildman–Crippen LogP) is 3.68. The Labute approximate surface area is 218 Å². The van der Waals surface area contributed by atoms with Crippen LogP contribution in [0.15, 0.2) is 78.9 Å². The zero-order valence-electron chi connectivity index (χ0n) is 21.2. The molecular formula is C28H32FN3O4S. The second-order valence-corrected chi connectivity index (χ2v) is 10.8. The van der Waals surface area contributed by atoms with Gasteiger partial charge in [-0.2, -0.15) is 0 Å². The molecule has 1 N–H and O–H groups in total. The van der Waals surface area contributed by atoms with Gasteiger partial charge in [0.15, 0.2) is 0 Å². The number of likely N-dealkylation sites (N-methyl/N-ethyl adjacent to an activating group) is 1. The molecule has 9 heteroatoms. The standard InChI is InChI=1S/C28H32FN3O4S/c1-4-30-28(34)26(18-22-10-6-5-7-11-22)31(19-23-13-15-24(29)16-14-23)27(33)20-32(37(3,35)36)25-12-8-9-21(2)17-25/h5-17,26H,4,18-20H2,1-3H3,(H,30,34)/t26-/m0/s1. The molecule has 1 atom stereocenters. The van der Waals surface area contributed by atoms with Crippen molar-refractivity contribution in [2.75, 3.05) is 23.7 Å². The molecule has 3 rings (SSSR count). The fourth-order valence-corrected chi connectivity index (χ4v) is 4.87. The van der Waals surface area contributed by atoms with Crippen molar-refractivity contribution < 1.29 is 22.4 Å². The first kappa shape index (κ1) is 27.9. The van der Waals surface area contributed by atoms with Crippen LogP contribution in [0.4, 0.5) is 10.1 Å². The fourth-order valence-electron chi connectivity index (χ4n) is 4.03. The molecule has 0 unspecified atom stereocenters. The first-order chi connectivity index (χ1) is 17.6. The molecule has 0 saturated carbocycles. The van der Waals surface area contributed by atoms with Crippen LogP contribution >= 0.6 is 0 Å². The van der Waals surface area contributed by atoms with Gasteiger partial charge in [0.05, 0.1) is 11.9 Å². The van der Waals surface area contributed by atoms with E-state index in [-0.39, 0.29) is 18.9 Å². The summed E-state index contributed by atoms with van der Waals surface area (Å²) in [7, 11) is -3.82. The number of aryl methyl sites for hydroxylation is 1. The number of carbonyl (C=O) groups excluding carboxylic acids is 2. The Morgan fingerprint density at radius 3 is 2.22 bits per heavy atom. The zero-order valence-corrected chi connectivity index (χ0v) is 22.0. The molecule has 0 aliphatic carbocycles. The van der Waals surface area contributed by atoms with Crippen molar-refractivity contribution in [3.8, 4) is 0 Å². The molecule has 37 heavy (non-hydrogen) atoms. The largest absolute Gasteiger partial charge is 0.355 e. The second-order valence-electron chi connectivity index (χ2n) is 8.86. The molecule has 0 heterocycles. The lowest BCUT2D eigenvalue weighted by Crippen LogP contribution is -2.53. The molecule has 0 aliphatic heterocycles. The summed E-state index contributed by atoms with van der Waals surface area (Å²) in [5.41, 5.74) is 2.65. The number of halogens is 1. The molecular weight excluding hydrogens is 493 g/mol. The van der Waals surface area contributed by atoms with Gasteiger partial charge < -0.3 is 10.2 Å². The summed E-state index contributed by atoms with van der Waals surface area (Å²) in [4.78, 5) is 28.4. The van der Waals surface area contributed by atoms with E-state index in [0.29, 0.717) is 17.8 Å². The summed E-state index contributed by atoms with van der Waals surface area (Å²) >= 11 is 0. The van der Waals surface area contributed by atoms with Gasteiger partial charge in [-0.1, -0.05) is 54.6 Å². The van der Waals surface area contributed by atoms with Crippen LogP contribution in [0.5, 0.6) is 0 Å². The minimum atomic E-state index is -3.82. The van der Waals surface area contributed by atoms with Crippen molar-refractivity contribution >= 4 is 27.5 Å². The van der Waals surface area contributed by atoms with Crippen LogP contribution in [0.3, 0.4) is 0 Å². The van der Waals surface area contributed by atoms with Crippen LogP contribution in [-0.4, -0.2) is 50.5 Å². The van der Waals surface area contributed by atoms with Crippen molar-refractivity contribution in [2.45, 2.75) is 32.9 Å². The Kier molecular flexibility index (Phi) is 9.41. The number of anilines is 1. The van der Waals surface area contributed by atoms with Gasteiger partial charge in [0, 0.05) is 19.5 Å². The molecule has 0 aromatic heterocycles. The number of nitrogens with zero attached hydrogens (tertiary/aromatic N) is 2. The van der Waals surface area contributed by atoms with E-state index in [4.69, 9.17) is 0 Å². The number of hydrogen-bond acceptors (Lipinski definition) is 4. The SMILES string of the molecule is CCNC(=O)[C@H](Cc1ccccc1)N(Cc1ccc(F)cc1)C(=O)CN(c1cccc(C)c1)S(C)(=O)=O. The van der Waals surface area contributed by atoms with E-state index in [2.05, 4.69) is 5.32 Å². The molecule has 7 nitrogen and oxygen atoms in total. The van der Waals surface area contributed by atoms with E-state index in [1.807, 2.05) is 43.3 Å². The van der Waals surface area contributed by atoms with Gasteiger partial charge in [0.1, 0.15) is 18.4 Å². The number of nitrogens with one attached hydrogen (secondary N) is 1. The van der Waals surface area contributed by atoms with Gasteiger partial charge in [0.2, 0.25) is 21.8 Å². The predicted molar refractivity (Wildman–Crippen MR) is 143 cm³/mol. The summed E-state index contributed by atoms with van der Waals surface area (Å²) in [6.45, 7) is 3.49. The van der Waals surface area contributed by atoms with Crippen LogP contribution in [0, 0.1) is 12.7 Å². The molecule has 0 fully saturated rings. The van der Waals surface area contributed by atoms with Crippen molar-refractivity contribution in [2.24, 2.45) is 0 Å². The monoisotopic (exact) mass is 525 g/mol. The number of benzene rings is 3. The van der Waals surface area contributed by atoms with E-state index in [1.165, 1.54) is 17.0 Å². The first-order valence-corrected chi connectivity index (χ1v) is 13.8. The summed E-state index contributed by atoms with van der Waals surface area (Å²) < 4.78 is 40.1. The third kappa shape index (κ3) is 7.88. The van der Waals surface area contributed by atoms with Crippen LogP contribution in [-0.2, 0) is 32.6 Å². The van der Waals surface area contributed by atoms with E-state index >= 15 is 0 Å². The van der Waals surface area contributed by atoms with Crippen LogP contribution in [0.2, 0.25) is 0 Å². The Morgan fingerprint density at radius 2 is 1.62 bits per heavy atom. The number of amides is 2. The van der Waals surface area contributed by atoms with E-state index in [9.17, 15) is 22.4 Å². The maximum atomic E-state index is 13.8. The highest BCUT2D eigenvalue weighted by Gasteiger charge is 2.32. The molecule has 196 valence electrons. The molecule has 3 aromatic carbocycles. The summed E-state index contributed by atoms with van der Waals surface area (Å²) in [6, 6.07) is 20.9. The summed E-state index contributed by atoms with van der Waals surface area (Å²) in [5.74, 6) is -1.33. The molecule has 2 amide bonds. The number of carbonyl (C=O) groups is 2. The number of rotatable bonds is 11. The molecule has 0 aliphatic rings. The topological polar surface area (TPSA) is 86.8 Å². The van der Waals surface area contributed by atoms with Gasteiger partial charge in [-0.15, -0.1) is 0 Å². The lowest BCUT2D eigenvalue weighted by molar-refractivity contribution is -0.140. The molecule has 0 bridgehead atoms. The molecule has 0 saturated heterocycles. The van der Waals surface area contributed by atoms with Crippen molar-refractivity contribution in [3.63, 3.8) is 0 Å². The van der Waals surface area contributed by atoms with Crippen molar-refractivity contribution in [3.05, 3.63) is 101 Å². The average Bonchev–Trinajstić information content (AvgIpc) is 2.85. The van der Waals surface area contributed by atoms with Gasteiger partial charge in [-0.25, -0.2) is 12.8 Å². The maximum absolute atomic E-state index is 13.8. The quantitative estimate of drug-likeness (QED) is 0.414. The third-order valence-corrected chi connectivity index (χ3v) is 7.00. The van der Waals surface area contributed by atoms with Gasteiger partial charge in [-0.05, 0) is 54.8 Å². The minimum Gasteiger partial charge on any atom is -0.355 e. The first-order valence-electron chi connectivity index (χ1n) is 12.0. The van der Waals surface area contributed by atoms with Gasteiger partial charge >= 0.3 is 0 Å². The summed E-state index contributed by atoms with van der Waals surface area (Å²) in [5, 5.41) is 2.79. The highest BCUT2D eigenvalue weighted by Crippen LogP contribution is 2.21. The van der Waals surface area contributed by atoms with E-state index in [1.54, 1.807) is 37.3 Å². The van der Waals surface area contributed by atoms with Gasteiger partial charge in [-0.3, -0.25) is 13.9 Å². The number of sulfonamides is 1. The second kappa shape index (κ2) is 12.5. The highest BCUT2D eigenvalue weighted by molar-refractivity contribution is 7.92. The summed E-state index contributed by atoms with van der Waals surface area (Å²) in [6.07, 6.45) is 1.26. The van der Waals surface area contributed by atoms with E-state index < -0.39 is 34.3 Å². The number of hydrogen-bond donors (Lipinski definition) is 1. The smallest absolute Gasteiger partial charge is 0.244 e. The Bertz CT molecular complexity index is 1310. The Balaban J connectivity index is 2.03. The lowest BCUT2D eigenvalue weighted by Gasteiger charge is -2.33. The average molecular weight is 526 g/mol. The third-order valence-electron chi connectivity index (χ3n) is 5.86. The Morgan fingerprint density at radius 1 is 0.946 bits per heavy atom. The maximum Gasteiger partial charge on any atom is 0.244 e. The van der Waals surface area contributed by atoms with Crippen molar-refractivity contribution in [1.82, 2.24) is 10.2 Å².